The lowest BCUT2D eigenvalue weighted by atomic mass is 9.94. The van der Waals surface area contributed by atoms with Gasteiger partial charge < -0.3 is 10.4 Å². The number of hydrogen-bond donors (Lipinski definition) is 2. The maximum Gasteiger partial charge on any atom is 0.234 e. The molecule has 0 saturated carbocycles. The van der Waals surface area contributed by atoms with E-state index in [9.17, 15) is 9.90 Å². The third-order valence-corrected chi connectivity index (χ3v) is 2.85. The Morgan fingerprint density at radius 1 is 1.47 bits per heavy atom. The summed E-state index contributed by atoms with van der Waals surface area (Å²) in [6.07, 6.45) is 4.78. The number of allylic oxidation sites excluding steroid dienone is 2. The largest absolute Gasteiger partial charge is 0.369 e. The van der Waals surface area contributed by atoms with Crippen LogP contribution in [0.15, 0.2) is 12.2 Å². The molecule has 86 valence electrons. The molecule has 1 amide bonds. The van der Waals surface area contributed by atoms with Gasteiger partial charge in [-0.25, -0.2) is 0 Å². The smallest absolute Gasteiger partial charge is 0.234 e. The van der Waals surface area contributed by atoms with Crippen molar-refractivity contribution in [2.24, 2.45) is 5.92 Å². The first-order chi connectivity index (χ1) is 6.91. The van der Waals surface area contributed by atoms with E-state index in [1.54, 1.807) is 0 Å². The van der Waals surface area contributed by atoms with E-state index in [2.05, 4.69) is 5.32 Å². The van der Waals surface area contributed by atoms with Gasteiger partial charge in [0, 0.05) is 5.92 Å². The van der Waals surface area contributed by atoms with E-state index in [-0.39, 0.29) is 11.8 Å². The number of aliphatic hydroxyl groups excluding tert-OH is 1. The van der Waals surface area contributed by atoms with Crippen LogP contribution in [0.4, 0.5) is 0 Å². The van der Waals surface area contributed by atoms with Gasteiger partial charge in [0.25, 0.3) is 0 Å². The quantitative estimate of drug-likeness (QED) is 0.460. The summed E-state index contributed by atoms with van der Waals surface area (Å²) in [6.45, 7) is 0. The summed E-state index contributed by atoms with van der Waals surface area (Å²) in [7, 11) is 0. The van der Waals surface area contributed by atoms with Crippen LogP contribution in [0.1, 0.15) is 19.3 Å². The van der Waals surface area contributed by atoms with Crippen LogP contribution in [-0.4, -0.2) is 21.0 Å². The van der Waals surface area contributed by atoms with Crippen molar-refractivity contribution in [2.45, 2.75) is 29.3 Å². The Morgan fingerprint density at radius 2 is 2.13 bits per heavy atom. The molecule has 0 aromatic heterocycles. The first-order valence-corrected chi connectivity index (χ1v) is 5.75. The summed E-state index contributed by atoms with van der Waals surface area (Å²) in [4.78, 5) is 11.6. The number of halogens is 3. The number of carbonyl (C=O) groups excluding carboxylic acids is 1. The van der Waals surface area contributed by atoms with Gasteiger partial charge in [-0.05, 0) is 19.3 Å². The second-order valence-electron chi connectivity index (χ2n) is 3.43. The predicted molar refractivity (Wildman–Crippen MR) is 60.9 cm³/mol. The van der Waals surface area contributed by atoms with Crippen LogP contribution in [0, 0.1) is 5.92 Å². The van der Waals surface area contributed by atoms with Gasteiger partial charge in [0.2, 0.25) is 9.70 Å². The predicted octanol–water partition coefficient (Wildman–Crippen LogP) is 2.15. The molecule has 0 bridgehead atoms. The van der Waals surface area contributed by atoms with Gasteiger partial charge >= 0.3 is 0 Å². The summed E-state index contributed by atoms with van der Waals surface area (Å²) in [5, 5.41) is 11.6. The van der Waals surface area contributed by atoms with E-state index in [0.717, 1.165) is 12.8 Å². The lowest BCUT2D eigenvalue weighted by Crippen LogP contribution is -2.46. The first kappa shape index (κ1) is 13.1. The third kappa shape index (κ3) is 4.19. The molecule has 15 heavy (non-hydrogen) atoms. The summed E-state index contributed by atoms with van der Waals surface area (Å²) >= 11 is 16.3. The zero-order chi connectivity index (χ0) is 11.5. The fourth-order valence-electron chi connectivity index (χ4n) is 1.37. The molecule has 2 atom stereocenters. The summed E-state index contributed by atoms with van der Waals surface area (Å²) in [6, 6.07) is 0. The summed E-state index contributed by atoms with van der Waals surface area (Å²) in [5.74, 6) is -0.421. The van der Waals surface area contributed by atoms with Crippen LogP contribution < -0.4 is 5.32 Å². The Hall–Kier alpha value is 0.0400. The van der Waals surface area contributed by atoms with Crippen molar-refractivity contribution in [3.05, 3.63) is 12.2 Å². The molecule has 1 aliphatic carbocycles. The Labute approximate surface area is 103 Å². The van der Waals surface area contributed by atoms with E-state index < -0.39 is 10.0 Å². The molecule has 0 fully saturated rings. The van der Waals surface area contributed by atoms with E-state index in [1.807, 2.05) is 12.2 Å². The van der Waals surface area contributed by atoms with Gasteiger partial charge in [0.1, 0.15) is 0 Å². The molecule has 2 N–H and O–H groups in total. The first-order valence-electron chi connectivity index (χ1n) is 4.61. The Balaban J connectivity index is 2.45. The molecule has 0 saturated heterocycles. The summed E-state index contributed by atoms with van der Waals surface area (Å²) < 4.78 is -1.89. The van der Waals surface area contributed by atoms with Crippen LogP contribution >= 0.6 is 34.8 Å². The summed E-state index contributed by atoms with van der Waals surface area (Å²) in [5.41, 5.74) is 0. The molecule has 1 aliphatic rings. The van der Waals surface area contributed by atoms with Crippen molar-refractivity contribution < 1.29 is 9.90 Å². The Bertz CT molecular complexity index is 263. The highest BCUT2D eigenvalue weighted by atomic mass is 35.6. The van der Waals surface area contributed by atoms with Gasteiger partial charge in [-0.3, -0.25) is 4.79 Å². The second kappa shape index (κ2) is 5.39. The monoisotopic (exact) mass is 271 g/mol. The number of carbonyl (C=O) groups is 1. The highest BCUT2D eigenvalue weighted by molar-refractivity contribution is 6.68. The fourth-order valence-corrected chi connectivity index (χ4v) is 1.53. The van der Waals surface area contributed by atoms with Crippen molar-refractivity contribution in [2.75, 3.05) is 0 Å². The number of nitrogens with one attached hydrogen (secondary N) is 1. The molecule has 6 heteroatoms. The van der Waals surface area contributed by atoms with E-state index in [1.165, 1.54) is 0 Å². The van der Waals surface area contributed by atoms with E-state index in [4.69, 9.17) is 34.8 Å². The molecule has 2 unspecified atom stereocenters. The molecule has 0 heterocycles. The topological polar surface area (TPSA) is 49.3 Å². The van der Waals surface area contributed by atoms with Crippen molar-refractivity contribution in [3.63, 3.8) is 0 Å². The zero-order valence-electron chi connectivity index (χ0n) is 7.92. The SMILES string of the molecule is O=C(NC(O)C(Cl)(Cl)Cl)C1CC=CCC1. The molecule has 1 rings (SSSR count). The van der Waals surface area contributed by atoms with Crippen LogP contribution in [0.3, 0.4) is 0 Å². The zero-order valence-corrected chi connectivity index (χ0v) is 10.2. The molecule has 0 aromatic rings. The van der Waals surface area contributed by atoms with E-state index in [0.29, 0.717) is 6.42 Å². The molecule has 0 aromatic carbocycles. The maximum absolute atomic E-state index is 11.6. The molecular formula is C9H12Cl3NO2. The standard InChI is InChI=1S/C9H12Cl3NO2/c10-9(11,12)8(15)13-7(14)6-4-2-1-3-5-6/h1-2,6,8,15H,3-5H2,(H,13,14). The fraction of sp³-hybridized carbons (Fsp3) is 0.667. The highest BCUT2D eigenvalue weighted by Crippen LogP contribution is 2.29. The van der Waals surface area contributed by atoms with Gasteiger partial charge in [0.05, 0.1) is 0 Å². The second-order valence-corrected chi connectivity index (χ2v) is 5.80. The lowest BCUT2D eigenvalue weighted by molar-refractivity contribution is -0.128. The van der Waals surface area contributed by atoms with Crippen LogP contribution in [-0.2, 0) is 4.79 Å². The minimum absolute atomic E-state index is 0.142. The van der Waals surface area contributed by atoms with Gasteiger partial charge in [-0.2, -0.15) is 0 Å². The minimum Gasteiger partial charge on any atom is -0.369 e. The molecule has 3 nitrogen and oxygen atoms in total. The Kier molecular flexibility index (Phi) is 4.71. The average Bonchev–Trinajstić information content (AvgIpc) is 2.17. The number of aliphatic hydroxyl groups is 1. The van der Waals surface area contributed by atoms with Crippen molar-refractivity contribution in [1.29, 1.82) is 0 Å². The lowest BCUT2D eigenvalue weighted by Gasteiger charge is -2.23. The number of hydrogen-bond acceptors (Lipinski definition) is 2. The molecule has 0 aliphatic heterocycles. The van der Waals surface area contributed by atoms with Gasteiger partial charge in [-0.1, -0.05) is 47.0 Å². The van der Waals surface area contributed by atoms with Crippen LogP contribution in [0.25, 0.3) is 0 Å². The van der Waals surface area contributed by atoms with E-state index >= 15 is 0 Å². The van der Waals surface area contributed by atoms with Crippen LogP contribution in [0.2, 0.25) is 0 Å². The maximum atomic E-state index is 11.6. The van der Waals surface area contributed by atoms with Crippen LogP contribution in [0.5, 0.6) is 0 Å². The van der Waals surface area contributed by atoms with Crippen molar-refractivity contribution in [3.8, 4) is 0 Å². The number of alkyl halides is 3. The normalized spacial score (nSPS) is 23.6. The molecular weight excluding hydrogens is 260 g/mol. The highest BCUT2D eigenvalue weighted by Gasteiger charge is 2.33. The molecule has 0 radical (unpaired) electrons. The van der Waals surface area contributed by atoms with Crippen molar-refractivity contribution >= 4 is 40.7 Å². The average molecular weight is 273 g/mol. The van der Waals surface area contributed by atoms with Gasteiger partial charge in [-0.15, -0.1) is 0 Å². The minimum atomic E-state index is -1.89. The third-order valence-electron chi connectivity index (χ3n) is 2.23. The molecule has 0 spiro atoms. The Morgan fingerprint density at radius 3 is 2.60 bits per heavy atom. The number of rotatable bonds is 2. The van der Waals surface area contributed by atoms with Gasteiger partial charge in [0.15, 0.2) is 6.23 Å². The van der Waals surface area contributed by atoms with Crippen molar-refractivity contribution in [1.82, 2.24) is 5.32 Å². The number of amides is 1.